The SMILES string of the molecule is CCOC(=O)c1cnc2c(cnn2C)c1N1CCC(C2CCCO2)CC1. The lowest BCUT2D eigenvalue weighted by Crippen LogP contribution is -2.38. The molecule has 4 rings (SSSR count). The molecule has 2 aliphatic heterocycles. The Bertz CT molecular complexity index is 789. The number of esters is 1. The van der Waals surface area contributed by atoms with Crippen molar-refractivity contribution < 1.29 is 14.3 Å². The molecule has 0 aliphatic carbocycles. The first-order chi connectivity index (χ1) is 12.7. The minimum Gasteiger partial charge on any atom is -0.462 e. The van der Waals surface area contributed by atoms with Gasteiger partial charge in [-0.25, -0.2) is 9.78 Å². The molecule has 0 N–H and O–H groups in total. The number of aromatic nitrogens is 3. The molecule has 7 nitrogen and oxygen atoms in total. The van der Waals surface area contributed by atoms with E-state index in [-0.39, 0.29) is 5.97 Å². The zero-order chi connectivity index (χ0) is 18.1. The van der Waals surface area contributed by atoms with Crippen LogP contribution in [0.4, 0.5) is 5.69 Å². The molecular formula is C19H26N4O3. The Morgan fingerprint density at radius 1 is 1.31 bits per heavy atom. The standard InChI is InChI=1S/C19H26N4O3/c1-3-25-19(24)15-11-20-18-14(12-21-22(18)2)17(15)23-8-6-13(7-9-23)16-5-4-10-26-16/h11-13,16H,3-10H2,1-2H3. The van der Waals surface area contributed by atoms with Crippen LogP contribution in [0, 0.1) is 5.92 Å². The molecule has 4 heterocycles. The van der Waals surface area contributed by atoms with Gasteiger partial charge in [-0.3, -0.25) is 4.68 Å². The highest BCUT2D eigenvalue weighted by molar-refractivity contribution is 6.04. The molecule has 2 aromatic heterocycles. The second-order valence-corrected chi connectivity index (χ2v) is 7.12. The molecular weight excluding hydrogens is 332 g/mol. The van der Waals surface area contributed by atoms with Crippen molar-refractivity contribution >= 4 is 22.7 Å². The Kier molecular flexibility index (Phi) is 4.80. The molecule has 0 radical (unpaired) electrons. The van der Waals surface area contributed by atoms with Crippen molar-refractivity contribution in [1.29, 1.82) is 0 Å². The van der Waals surface area contributed by atoms with E-state index >= 15 is 0 Å². The van der Waals surface area contributed by atoms with Crippen molar-refractivity contribution in [2.45, 2.75) is 38.7 Å². The molecule has 1 unspecified atom stereocenters. The van der Waals surface area contributed by atoms with Gasteiger partial charge in [0.05, 0.1) is 30.0 Å². The van der Waals surface area contributed by atoms with E-state index in [0.29, 0.717) is 24.2 Å². The Labute approximate surface area is 153 Å². The Morgan fingerprint density at radius 2 is 2.12 bits per heavy atom. The second-order valence-electron chi connectivity index (χ2n) is 7.12. The maximum atomic E-state index is 12.5. The van der Waals surface area contributed by atoms with Gasteiger partial charge >= 0.3 is 5.97 Å². The van der Waals surface area contributed by atoms with Gasteiger partial charge in [0, 0.05) is 32.9 Å². The molecule has 1 atom stereocenters. The Hall–Kier alpha value is -2.15. The summed E-state index contributed by atoms with van der Waals surface area (Å²) in [6.45, 7) is 4.89. The normalized spacial score (nSPS) is 21.5. The van der Waals surface area contributed by atoms with Gasteiger partial charge in [0.25, 0.3) is 0 Å². The molecule has 2 aromatic rings. The number of carbonyl (C=O) groups is 1. The van der Waals surface area contributed by atoms with E-state index in [1.807, 2.05) is 14.0 Å². The fourth-order valence-corrected chi connectivity index (χ4v) is 4.25. The average Bonchev–Trinajstić information content (AvgIpc) is 3.32. The number of aryl methyl sites for hydroxylation is 1. The van der Waals surface area contributed by atoms with Crippen molar-refractivity contribution in [3.63, 3.8) is 0 Å². The van der Waals surface area contributed by atoms with Crippen LogP contribution in [0.3, 0.4) is 0 Å². The zero-order valence-electron chi connectivity index (χ0n) is 15.5. The summed E-state index contributed by atoms with van der Waals surface area (Å²) >= 11 is 0. The molecule has 0 amide bonds. The Morgan fingerprint density at radius 3 is 2.81 bits per heavy atom. The van der Waals surface area contributed by atoms with Crippen LogP contribution in [0.5, 0.6) is 0 Å². The maximum Gasteiger partial charge on any atom is 0.341 e. The first kappa shape index (κ1) is 17.3. The lowest BCUT2D eigenvalue weighted by Gasteiger charge is -2.36. The highest BCUT2D eigenvalue weighted by Crippen LogP contribution is 2.35. The monoisotopic (exact) mass is 358 g/mol. The van der Waals surface area contributed by atoms with Gasteiger partial charge < -0.3 is 14.4 Å². The molecule has 0 spiro atoms. The molecule has 2 fully saturated rings. The molecule has 2 saturated heterocycles. The van der Waals surface area contributed by atoms with E-state index in [9.17, 15) is 4.79 Å². The molecule has 140 valence electrons. The fraction of sp³-hybridized carbons (Fsp3) is 0.632. The number of hydrogen-bond donors (Lipinski definition) is 0. The minimum atomic E-state index is -0.318. The van der Waals surface area contributed by atoms with Crippen LogP contribution in [-0.4, -0.2) is 53.1 Å². The summed E-state index contributed by atoms with van der Waals surface area (Å²) in [6.07, 6.45) is 8.36. The number of hydrogen-bond acceptors (Lipinski definition) is 6. The van der Waals surface area contributed by atoms with Crippen LogP contribution in [0.1, 0.15) is 43.0 Å². The van der Waals surface area contributed by atoms with Gasteiger partial charge in [0.2, 0.25) is 0 Å². The van der Waals surface area contributed by atoms with E-state index in [4.69, 9.17) is 9.47 Å². The number of carbonyl (C=O) groups excluding carboxylic acids is 1. The number of piperidine rings is 1. The summed E-state index contributed by atoms with van der Waals surface area (Å²) in [5.41, 5.74) is 2.23. The van der Waals surface area contributed by atoms with Crippen molar-refractivity contribution in [3.8, 4) is 0 Å². The van der Waals surface area contributed by atoms with E-state index in [0.717, 1.165) is 49.3 Å². The number of nitrogens with zero attached hydrogens (tertiary/aromatic N) is 4. The number of pyridine rings is 1. The van der Waals surface area contributed by atoms with Crippen molar-refractivity contribution in [2.24, 2.45) is 13.0 Å². The topological polar surface area (TPSA) is 69.5 Å². The molecule has 0 saturated carbocycles. The fourth-order valence-electron chi connectivity index (χ4n) is 4.25. The number of ether oxygens (including phenoxy) is 2. The van der Waals surface area contributed by atoms with Gasteiger partial charge in [0.1, 0.15) is 5.56 Å². The number of rotatable bonds is 4. The largest absolute Gasteiger partial charge is 0.462 e. The predicted octanol–water partition coefficient (Wildman–Crippen LogP) is 2.54. The summed E-state index contributed by atoms with van der Waals surface area (Å²) < 4.78 is 12.9. The third-order valence-electron chi connectivity index (χ3n) is 5.58. The van der Waals surface area contributed by atoms with E-state index in [1.54, 1.807) is 17.1 Å². The van der Waals surface area contributed by atoms with Gasteiger partial charge in [-0.05, 0) is 38.5 Å². The van der Waals surface area contributed by atoms with Crippen LogP contribution in [0.15, 0.2) is 12.4 Å². The smallest absolute Gasteiger partial charge is 0.341 e. The van der Waals surface area contributed by atoms with Crippen molar-refractivity contribution in [1.82, 2.24) is 14.8 Å². The Balaban J connectivity index is 1.64. The number of anilines is 1. The summed E-state index contributed by atoms with van der Waals surface area (Å²) in [5, 5.41) is 5.24. The van der Waals surface area contributed by atoms with Gasteiger partial charge in [0.15, 0.2) is 5.65 Å². The number of fused-ring (bicyclic) bond motifs is 1. The van der Waals surface area contributed by atoms with Crippen LogP contribution >= 0.6 is 0 Å². The van der Waals surface area contributed by atoms with Gasteiger partial charge in [-0.2, -0.15) is 5.10 Å². The molecule has 26 heavy (non-hydrogen) atoms. The van der Waals surface area contributed by atoms with Crippen LogP contribution in [0.2, 0.25) is 0 Å². The predicted molar refractivity (Wildman–Crippen MR) is 98.4 cm³/mol. The van der Waals surface area contributed by atoms with Crippen LogP contribution in [0.25, 0.3) is 11.0 Å². The molecule has 2 aliphatic rings. The van der Waals surface area contributed by atoms with Crippen molar-refractivity contribution in [2.75, 3.05) is 31.2 Å². The van der Waals surface area contributed by atoms with Crippen LogP contribution in [-0.2, 0) is 16.5 Å². The third kappa shape index (κ3) is 3.05. The van der Waals surface area contributed by atoms with Gasteiger partial charge in [-0.1, -0.05) is 0 Å². The lowest BCUT2D eigenvalue weighted by atomic mass is 9.89. The molecule has 0 bridgehead atoms. The van der Waals surface area contributed by atoms with Crippen LogP contribution < -0.4 is 4.90 Å². The highest BCUT2D eigenvalue weighted by atomic mass is 16.5. The quantitative estimate of drug-likeness (QED) is 0.783. The molecule has 0 aromatic carbocycles. The highest BCUT2D eigenvalue weighted by Gasteiger charge is 2.32. The summed E-state index contributed by atoms with van der Waals surface area (Å²) in [4.78, 5) is 19.2. The van der Waals surface area contributed by atoms with E-state index in [1.165, 1.54) is 12.8 Å². The average molecular weight is 358 g/mol. The lowest BCUT2D eigenvalue weighted by molar-refractivity contribution is 0.0515. The summed E-state index contributed by atoms with van der Waals surface area (Å²) in [5.74, 6) is 0.299. The maximum absolute atomic E-state index is 12.5. The van der Waals surface area contributed by atoms with E-state index < -0.39 is 0 Å². The molecule has 7 heteroatoms. The van der Waals surface area contributed by atoms with Gasteiger partial charge in [-0.15, -0.1) is 0 Å². The zero-order valence-corrected chi connectivity index (χ0v) is 15.5. The second kappa shape index (κ2) is 7.23. The van der Waals surface area contributed by atoms with E-state index in [2.05, 4.69) is 15.0 Å². The first-order valence-corrected chi connectivity index (χ1v) is 9.53. The minimum absolute atomic E-state index is 0.318. The summed E-state index contributed by atoms with van der Waals surface area (Å²) in [6, 6.07) is 0. The van der Waals surface area contributed by atoms with Crippen molar-refractivity contribution in [3.05, 3.63) is 18.0 Å². The first-order valence-electron chi connectivity index (χ1n) is 9.53. The summed E-state index contributed by atoms with van der Waals surface area (Å²) in [7, 11) is 1.87. The third-order valence-corrected chi connectivity index (χ3v) is 5.58.